The fourth-order valence-electron chi connectivity index (χ4n) is 2.20. The minimum Gasteiger partial charge on any atom is -0.598 e. The van der Waals surface area contributed by atoms with E-state index in [0.717, 1.165) is 20.9 Å². The van der Waals surface area contributed by atoms with Crippen molar-refractivity contribution in [3.63, 3.8) is 0 Å². The molecule has 0 heterocycles. The van der Waals surface area contributed by atoms with Gasteiger partial charge in [-0.15, -0.1) is 4.72 Å². The molecule has 0 radical (unpaired) electrons. The van der Waals surface area contributed by atoms with Gasteiger partial charge in [-0.25, -0.2) is 0 Å². The lowest BCUT2D eigenvalue weighted by atomic mass is 10.1. The molecule has 2 N–H and O–H groups in total. The highest BCUT2D eigenvalue weighted by molar-refractivity contribution is 7.99. The Morgan fingerprint density at radius 1 is 1.20 bits per heavy atom. The molecule has 0 saturated carbocycles. The summed E-state index contributed by atoms with van der Waals surface area (Å²) >= 11 is 6.60. The molecule has 2 atom stereocenters. The Morgan fingerprint density at radius 2 is 1.88 bits per heavy atom. The quantitative estimate of drug-likeness (QED) is 0.666. The van der Waals surface area contributed by atoms with Crippen molar-refractivity contribution in [1.29, 1.82) is 0 Å². The Labute approximate surface area is 162 Å². The summed E-state index contributed by atoms with van der Waals surface area (Å²) in [6.45, 7) is 7.79. The second-order valence-corrected chi connectivity index (χ2v) is 10.3. The molecular weight excluding hydrogens is 374 g/mol. The summed E-state index contributed by atoms with van der Waals surface area (Å²) in [4.78, 5) is 2.02. The maximum atomic E-state index is 12.4. The van der Waals surface area contributed by atoms with Gasteiger partial charge in [0.25, 0.3) is 0 Å². The molecule has 2 rings (SSSR count). The fraction of sp³-hybridized carbons (Fsp3) is 0.368. The molecule has 0 saturated heterocycles. The number of benzene rings is 2. The van der Waals surface area contributed by atoms with Gasteiger partial charge in [0.2, 0.25) is 0 Å². The van der Waals surface area contributed by atoms with Crippen LogP contribution in [0, 0.1) is 0 Å². The molecule has 0 amide bonds. The second-order valence-electron chi connectivity index (χ2n) is 6.77. The van der Waals surface area contributed by atoms with Gasteiger partial charge in [0, 0.05) is 26.2 Å². The van der Waals surface area contributed by atoms with Gasteiger partial charge >= 0.3 is 0 Å². The van der Waals surface area contributed by atoms with Gasteiger partial charge in [-0.3, -0.25) is 0 Å². The smallest absolute Gasteiger partial charge is 0.136 e. The first-order valence-corrected chi connectivity index (χ1v) is 10.4. The van der Waals surface area contributed by atoms with Crippen LogP contribution in [0.15, 0.2) is 52.3 Å². The van der Waals surface area contributed by atoms with Crippen molar-refractivity contribution in [1.82, 2.24) is 4.72 Å². The molecule has 0 aliphatic rings. The average molecular weight is 398 g/mol. The van der Waals surface area contributed by atoms with Crippen LogP contribution in [0.1, 0.15) is 44.9 Å². The Balaban J connectivity index is 2.31. The summed E-state index contributed by atoms with van der Waals surface area (Å²) in [5.41, 5.74) is 1.87. The molecule has 2 aromatic rings. The molecule has 0 spiro atoms. The Kier molecular flexibility index (Phi) is 7.26. The van der Waals surface area contributed by atoms with Gasteiger partial charge in [0.1, 0.15) is 4.75 Å². The van der Waals surface area contributed by atoms with Gasteiger partial charge in [0.15, 0.2) is 0 Å². The number of aliphatic hydroxyl groups is 1. The lowest BCUT2D eigenvalue weighted by Crippen LogP contribution is -2.40. The van der Waals surface area contributed by atoms with Crippen molar-refractivity contribution in [2.75, 3.05) is 0 Å². The van der Waals surface area contributed by atoms with Crippen LogP contribution >= 0.6 is 23.4 Å². The zero-order valence-electron chi connectivity index (χ0n) is 14.9. The zero-order chi connectivity index (χ0) is 18.6. The van der Waals surface area contributed by atoms with Crippen LogP contribution in [0.5, 0.6) is 0 Å². The minimum absolute atomic E-state index is 0.00601. The van der Waals surface area contributed by atoms with E-state index in [4.69, 9.17) is 11.6 Å². The maximum absolute atomic E-state index is 12.4. The number of hydrogen-bond acceptors (Lipinski definition) is 4. The van der Waals surface area contributed by atoms with Crippen molar-refractivity contribution < 1.29 is 9.66 Å². The molecular formula is C19H24ClNO2S2. The van der Waals surface area contributed by atoms with E-state index < -0.39 is 11.4 Å². The Morgan fingerprint density at radius 3 is 2.52 bits per heavy atom. The molecule has 25 heavy (non-hydrogen) atoms. The molecule has 0 aliphatic heterocycles. The van der Waals surface area contributed by atoms with Gasteiger partial charge in [-0.05, 0) is 63.1 Å². The lowest BCUT2D eigenvalue weighted by molar-refractivity contribution is 0.279. The van der Waals surface area contributed by atoms with Crippen molar-refractivity contribution in [2.45, 2.75) is 54.9 Å². The fourth-order valence-corrected chi connectivity index (χ4v) is 4.32. The SMILES string of the molecule is CC(N[S+]([O-])C(C)(C)C)c1cc(Cl)ccc1Sc1ccccc1CO. The summed E-state index contributed by atoms with van der Waals surface area (Å²) in [7, 11) is 0. The molecule has 2 aromatic carbocycles. The maximum Gasteiger partial charge on any atom is 0.136 e. The van der Waals surface area contributed by atoms with E-state index in [0.29, 0.717) is 5.02 Å². The van der Waals surface area contributed by atoms with E-state index in [9.17, 15) is 9.66 Å². The van der Waals surface area contributed by atoms with E-state index in [-0.39, 0.29) is 17.4 Å². The third kappa shape index (κ3) is 5.64. The van der Waals surface area contributed by atoms with Gasteiger partial charge in [-0.2, -0.15) is 0 Å². The van der Waals surface area contributed by atoms with Crippen molar-refractivity contribution in [3.8, 4) is 0 Å². The average Bonchev–Trinajstić information content (AvgIpc) is 2.56. The first-order chi connectivity index (χ1) is 11.7. The molecule has 0 aliphatic carbocycles. The monoisotopic (exact) mass is 397 g/mol. The van der Waals surface area contributed by atoms with E-state index >= 15 is 0 Å². The standard InChI is InChI=1S/C19H24ClNO2S2/c1-13(21-25(23)19(2,3)4)16-11-15(20)9-10-18(16)24-17-8-6-5-7-14(17)12-22/h5-11,13,21-22H,12H2,1-4H3. The number of rotatable bonds is 6. The van der Waals surface area contributed by atoms with Crippen LogP contribution in [0.3, 0.4) is 0 Å². The Hall–Kier alpha value is -0.690. The van der Waals surface area contributed by atoms with E-state index in [1.807, 2.05) is 70.2 Å². The third-order valence-electron chi connectivity index (χ3n) is 3.64. The molecule has 3 nitrogen and oxygen atoms in total. The highest BCUT2D eigenvalue weighted by Gasteiger charge is 2.29. The Bertz CT molecular complexity index is 719. The van der Waals surface area contributed by atoms with Gasteiger partial charge in [0.05, 0.1) is 12.6 Å². The summed E-state index contributed by atoms with van der Waals surface area (Å²) < 4.78 is 15.3. The predicted molar refractivity (Wildman–Crippen MR) is 107 cm³/mol. The van der Waals surface area contributed by atoms with Crippen LogP contribution < -0.4 is 4.72 Å². The second kappa shape index (κ2) is 8.80. The van der Waals surface area contributed by atoms with Crippen molar-refractivity contribution >= 4 is 34.7 Å². The molecule has 0 bridgehead atoms. The number of hydrogen-bond donors (Lipinski definition) is 2. The van der Waals surface area contributed by atoms with Crippen molar-refractivity contribution in [2.24, 2.45) is 0 Å². The van der Waals surface area contributed by atoms with Crippen LogP contribution in [-0.4, -0.2) is 14.4 Å². The normalized spacial score (nSPS) is 14.4. The minimum atomic E-state index is -1.18. The van der Waals surface area contributed by atoms with Crippen LogP contribution in [0.25, 0.3) is 0 Å². The largest absolute Gasteiger partial charge is 0.598 e. The zero-order valence-corrected chi connectivity index (χ0v) is 17.3. The summed E-state index contributed by atoms with van der Waals surface area (Å²) in [6.07, 6.45) is 0. The third-order valence-corrected chi connectivity index (χ3v) is 6.77. The number of nitrogens with one attached hydrogen (secondary N) is 1. The molecule has 0 fully saturated rings. The van der Waals surface area contributed by atoms with E-state index in [1.165, 1.54) is 0 Å². The predicted octanol–water partition coefficient (Wildman–Crippen LogP) is 5.10. The topological polar surface area (TPSA) is 55.3 Å². The van der Waals surface area contributed by atoms with Crippen LogP contribution in [0.2, 0.25) is 5.02 Å². The van der Waals surface area contributed by atoms with Gasteiger partial charge < -0.3 is 9.66 Å². The molecule has 0 aromatic heterocycles. The summed E-state index contributed by atoms with van der Waals surface area (Å²) in [5, 5.41) is 10.2. The lowest BCUT2D eigenvalue weighted by Gasteiger charge is -2.27. The number of halogens is 1. The molecule has 2 unspecified atom stereocenters. The van der Waals surface area contributed by atoms with Crippen LogP contribution in [0.4, 0.5) is 0 Å². The van der Waals surface area contributed by atoms with Crippen LogP contribution in [-0.2, 0) is 18.0 Å². The molecule has 6 heteroatoms. The highest BCUT2D eigenvalue weighted by Crippen LogP contribution is 2.37. The summed E-state index contributed by atoms with van der Waals surface area (Å²) in [5.74, 6) is 0. The highest BCUT2D eigenvalue weighted by atomic mass is 35.5. The van der Waals surface area contributed by atoms with E-state index in [1.54, 1.807) is 11.8 Å². The van der Waals surface area contributed by atoms with Crippen molar-refractivity contribution in [3.05, 3.63) is 58.6 Å². The first kappa shape index (κ1) is 20.6. The molecule has 136 valence electrons. The van der Waals surface area contributed by atoms with E-state index in [2.05, 4.69) is 4.72 Å². The van der Waals surface area contributed by atoms with Gasteiger partial charge in [-0.1, -0.05) is 41.6 Å². The first-order valence-electron chi connectivity index (χ1n) is 8.06. The summed E-state index contributed by atoms with van der Waals surface area (Å²) in [6, 6.07) is 13.4. The number of aliphatic hydroxyl groups excluding tert-OH is 1.